The van der Waals surface area contributed by atoms with Crippen molar-refractivity contribution in [1.82, 2.24) is 0 Å². The molecule has 0 spiro atoms. The van der Waals surface area contributed by atoms with E-state index in [0.29, 0.717) is 0 Å². The molecule has 1 rings (SSSR count). The van der Waals surface area contributed by atoms with Gasteiger partial charge in [0, 0.05) is 5.41 Å². The minimum atomic E-state index is 0.0733. The lowest BCUT2D eigenvalue weighted by Crippen LogP contribution is -2.38. The van der Waals surface area contributed by atoms with Gasteiger partial charge in [0.15, 0.2) is 5.76 Å². The van der Waals surface area contributed by atoms with Crippen LogP contribution in [0.15, 0.2) is 10.8 Å². The Balaban J connectivity index is 3.35. The molecule has 0 N–H and O–H groups in total. The number of aromatic nitrogens is 1. The van der Waals surface area contributed by atoms with Crippen LogP contribution in [-0.2, 0) is 17.9 Å². The summed E-state index contributed by atoms with van der Waals surface area (Å²) in [5.74, 6) is 1.09. The van der Waals surface area contributed by atoms with Crippen LogP contribution in [0.5, 0.6) is 0 Å². The molecule has 2 heteroatoms. The smallest absolute Gasteiger partial charge is 0.334 e. The molecule has 14 heavy (non-hydrogen) atoms. The average Bonchev–Trinajstić information content (AvgIpc) is 2.27. The van der Waals surface area contributed by atoms with Gasteiger partial charge < -0.3 is 4.42 Å². The zero-order valence-electron chi connectivity index (χ0n) is 10.4. The predicted octanol–water partition coefficient (Wildman–Crippen LogP) is 2.70. The largest absolute Gasteiger partial charge is 0.408 e. The topological polar surface area (TPSA) is 17.0 Å². The highest BCUT2D eigenvalue weighted by Crippen LogP contribution is 2.31. The van der Waals surface area contributed by atoms with E-state index in [4.69, 9.17) is 4.42 Å². The molecule has 0 bridgehead atoms. The Kier molecular flexibility index (Phi) is 2.51. The summed E-state index contributed by atoms with van der Waals surface area (Å²) in [6.07, 6.45) is 1.79. The van der Waals surface area contributed by atoms with Crippen molar-refractivity contribution in [1.29, 1.82) is 0 Å². The Bertz CT molecular complexity index is 323. The third-order valence-corrected chi connectivity index (χ3v) is 2.29. The lowest BCUT2D eigenvalue weighted by atomic mass is 9.82. The minimum absolute atomic E-state index is 0.0733. The molecule has 0 fully saturated rings. The molecule has 0 amide bonds. The van der Waals surface area contributed by atoms with E-state index in [1.54, 1.807) is 6.39 Å². The molecule has 1 aromatic rings. The van der Waals surface area contributed by atoms with E-state index in [-0.39, 0.29) is 10.8 Å². The number of aryl methyl sites for hydroxylation is 1. The number of rotatable bonds is 0. The average molecular weight is 196 g/mol. The standard InChI is InChI=1S/C12H22NO/c1-11(2,3)9-10(12(4,5)6)14-8-13(9)7/h8H,1-7H3/q+1. The second-order valence-corrected chi connectivity index (χ2v) is 6.01. The van der Waals surface area contributed by atoms with E-state index >= 15 is 0 Å². The zero-order chi connectivity index (χ0) is 11.1. The lowest BCUT2D eigenvalue weighted by Gasteiger charge is -2.20. The Morgan fingerprint density at radius 1 is 1.00 bits per heavy atom. The highest BCUT2D eigenvalue weighted by Gasteiger charge is 2.36. The molecule has 0 aliphatic carbocycles. The van der Waals surface area contributed by atoms with Crippen LogP contribution in [-0.4, -0.2) is 0 Å². The normalized spacial score (nSPS) is 13.4. The Labute approximate surface area is 86.9 Å². The monoisotopic (exact) mass is 196 g/mol. The van der Waals surface area contributed by atoms with Gasteiger partial charge in [0.25, 0.3) is 0 Å². The highest BCUT2D eigenvalue weighted by atomic mass is 16.3. The van der Waals surface area contributed by atoms with Gasteiger partial charge in [-0.25, -0.2) is 0 Å². The SMILES string of the molecule is C[n+]1coc(C(C)(C)C)c1C(C)(C)C. The maximum Gasteiger partial charge on any atom is 0.334 e. The predicted molar refractivity (Wildman–Crippen MR) is 57.3 cm³/mol. The number of oxazole rings is 1. The summed E-state index contributed by atoms with van der Waals surface area (Å²) in [7, 11) is 2.04. The van der Waals surface area contributed by atoms with E-state index in [1.807, 2.05) is 7.05 Å². The van der Waals surface area contributed by atoms with Crippen molar-refractivity contribution >= 4 is 0 Å². The molecule has 0 aliphatic rings. The van der Waals surface area contributed by atoms with Crippen molar-refractivity contribution in [2.24, 2.45) is 7.05 Å². The molecule has 2 nitrogen and oxygen atoms in total. The fourth-order valence-corrected chi connectivity index (χ4v) is 1.80. The Morgan fingerprint density at radius 2 is 1.50 bits per heavy atom. The number of hydrogen-bond donors (Lipinski definition) is 0. The van der Waals surface area contributed by atoms with Gasteiger partial charge in [-0.15, -0.1) is 0 Å². The summed E-state index contributed by atoms with van der Waals surface area (Å²) in [4.78, 5) is 0. The Hall–Kier alpha value is -0.790. The van der Waals surface area contributed by atoms with Crippen molar-refractivity contribution in [2.75, 3.05) is 0 Å². The summed E-state index contributed by atoms with van der Waals surface area (Å²) in [5.41, 5.74) is 1.49. The second-order valence-electron chi connectivity index (χ2n) is 6.01. The van der Waals surface area contributed by atoms with Crippen molar-refractivity contribution in [2.45, 2.75) is 52.4 Å². The van der Waals surface area contributed by atoms with Gasteiger partial charge in [-0.05, 0) is 0 Å². The molecule has 0 aliphatic heterocycles. The van der Waals surface area contributed by atoms with Crippen LogP contribution in [0.25, 0.3) is 0 Å². The molecule has 80 valence electrons. The van der Waals surface area contributed by atoms with Crippen molar-refractivity contribution < 1.29 is 8.98 Å². The van der Waals surface area contributed by atoms with Crippen LogP contribution < -0.4 is 4.57 Å². The number of nitrogens with zero attached hydrogens (tertiary/aromatic N) is 1. The summed E-state index contributed by atoms with van der Waals surface area (Å²) >= 11 is 0. The Morgan fingerprint density at radius 3 is 1.79 bits per heavy atom. The van der Waals surface area contributed by atoms with E-state index in [1.165, 1.54) is 5.69 Å². The summed E-state index contributed by atoms with van der Waals surface area (Å²) in [6, 6.07) is 0. The molecule has 0 unspecified atom stereocenters. The minimum Gasteiger partial charge on any atom is -0.408 e. The molecule has 0 saturated heterocycles. The van der Waals surface area contributed by atoms with Crippen LogP contribution in [0.1, 0.15) is 53.0 Å². The van der Waals surface area contributed by atoms with Gasteiger partial charge in [-0.3, -0.25) is 0 Å². The summed E-state index contributed by atoms with van der Waals surface area (Å²) in [5, 5.41) is 0. The maximum atomic E-state index is 5.65. The first-order valence-electron chi connectivity index (χ1n) is 5.12. The fraction of sp³-hybridized carbons (Fsp3) is 0.750. The first-order chi connectivity index (χ1) is 6.14. The van der Waals surface area contributed by atoms with E-state index in [2.05, 4.69) is 46.1 Å². The molecular weight excluding hydrogens is 174 g/mol. The van der Waals surface area contributed by atoms with Gasteiger partial charge in [0.2, 0.25) is 5.69 Å². The van der Waals surface area contributed by atoms with Crippen LogP contribution in [0.2, 0.25) is 0 Å². The molecule has 0 radical (unpaired) electrons. The molecular formula is C12H22NO+. The molecule has 0 aromatic carbocycles. The van der Waals surface area contributed by atoms with Crippen LogP contribution >= 0.6 is 0 Å². The third kappa shape index (κ3) is 1.99. The first-order valence-corrected chi connectivity index (χ1v) is 5.12. The van der Waals surface area contributed by atoms with Crippen molar-refractivity contribution in [3.05, 3.63) is 17.8 Å². The molecule has 1 heterocycles. The van der Waals surface area contributed by atoms with Crippen LogP contribution in [0, 0.1) is 0 Å². The second kappa shape index (κ2) is 3.11. The molecule has 1 aromatic heterocycles. The highest BCUT2D eigenvalue weighted by molar-refractivity contribution is 5.19. The molecule has 0 atom stereocenters. The van der Waals surface area contributed by atoms with Crippen LogP contribution in [0.3, 0.4) is 0 Å². The van der Waals surface area contributed by atoms with Gasteiger partial charge >= 0.3 is 6.39 Å². The van der Waals surface area contributed by atoms with Gasteiger partial charge in [0.05, 0.1) is 5.41 Å². The summed E-state index contributed by atoms with van der Waals surface area (Å²) in [6.45, 7) is 13.2. The van der Waals surface area contributed by atoms with Gasteiger partial charge in [0.1, 0.15) is 7.05 Å². The maximum absolute atomic E-state index is 5.65. The molecule has 0 saturated carbocycles. The van der Waals surface area contributed by atoms with Gasteiger partial charge in [-0.2, -0.15) is 4.57 Å². The van der Waals surface area contributed by atoms with Crippen molar-refractivity contribution in [3.8, 4) is 0 Å². The quantitative estimate of drug-likeness (QED) is 0.583. The van der Waals surface area contributed by atoms with E-state index < -0.39 is 0 Å². The van der Waals surface area contributed by atoms with E-state index in [9.17, 15) is 0 Å². The number of hydrogen-bond acceptors (Lipinski definition) is 1. The van der Waals surface area contributed by atoms with Crippen LogP contribution in [0.4, 0.5) is 0 Å². The first kappa shape index (κ1) is 11.3. The lowest BCUT2D eigenvalue weighted by molar-refractivity contribution is -0.685. The third-order valence-electron chi connectivity index (χ3n) is 2.29. The van der Waals surface area contributed by atoms with Crippen molar-refractivity contribution in [3.63, 3.8) is 0 Å². The summed E-state index contributed by atoms with van der Waals surface area (Å²) < 4.78 is 7.73. The van der Waals surface area contributed by atoms with E-state index in [0.717, 1.165) is 5.76 Å². The fourth-order valence-electron chi connectivity index (χ4n) is 1.80. The zero-order valence-corrected chi connectivity index (χ0v) is 10.4. The van der Waals surface area contributed by atoms with Gasteiger partial charge in [-0.1, -0.05) is 41.5 Å².